The fraction of sp³-hybridized carbons (Fsp3) is 0.400. The first-order valence-electron chi connectivity index (χ1n) is 6.98. The van der Waals surface area contributed by atoms with E-state index in [1.165, 1.54) is 5.56 Å². The van der Waals surface area contributed by atoms with Gasteiger partial charge >= 0.3 is 0 Å². The van der Waals surface area contributed by atoms with Gasteiger partial charge in [-0.2, -0.15) is 4.99 Å². The third-order valence-corrected chi connectivity index (χ3v) is 3.00. The van der Waals surface area contributed by atoms with Crippen LogP contribution in [0, 0.1) is 0 Å². The lowest BCUT2D eigenvalue weighted by Crippen LogP contribution is -2.38. The second kappa shape index (κ2) is 7.55. The van der Waals surface area contributed by atoms with Crippen LogP contribution in [0.25, 0.3) is 0 Å². The van der Waals surface area contributed by atoms with Gasteiger partial charge in [0.15, 0.2) is 5.96 Å². The van der Waals surface area contributed by atoms with Gasteiger partial charge in [0.25, 0.3) is 0 Å². The monoisotopic (exact) mass is 274 g/mol. The van der Waals surface area contributed by atoms with Gasteiger partial charge in [-0.15, -0.1) is 0 Å². The molecule has 0 aliphatic carbocycles. The van der Waals surface area contributed by atoms with Crippen LogP contribution >= 0.6 is 0 Å². The maximum atomic E-state index is 5.84. The van der Waals surface area contributed by atoms with E-state index in [-0.39, 0.29) is 6.04 Å². The quantitative estimate of drug-likeness (QED) is 0.659. The molecule has 0 saturated heterocycles. The van der Waals surface area contributed by atoms with Crippen LogP contribution in [0.4, 0.5) is 0 Å². The smallest absolute Gasteiger partial charge is 0.195 e. The summed E-state index contributed by atoms with van der Waals surface area (Å²) in [5, 5.41) is 6.44. The SMILES string of the molecule is CCOCCCNC1=CC(c2ccccc2)NC(N)=N1. The Balaban J connectivity index is 1.92. The largest absolute Gasteiger partial charge is 0.382 e. The summed E-state index contributed by atoms with van der Waals surface area (Å²) in [7, 11) is 0. The number of nitrogens with zero attached hydrogens (tertiary/aromatic N) is 1. The average molecular weight is 274 g/mol. The summed E-state index contributed by atoms with van der Waals surface area (Å²) in [6.45, 7) is 4.34. The minimum absolute atomic E-state index is 0.0584. The zero-order chi connectivity index (χ0) is 14.2. The molecule has 2 rings (SSSR count). The normalized spacial score (nSPS) is 17.9. The van der Waals surface area contributed by atoms with Gasteiger partial charge in [0.2, 0.25) is 0 Å². The maximum Gasteiger partial charge on any atom is 0.195 e. The van der Waals surface area contributed by atoms with E-state index >= 15 is 0 Å². The molecule has 0 spiro atoms. The fourth-order valence-electron chi connectivity index (χ4n) is 2.03. The molecule has 1 atom stereocenters. The fourth-order valence-corrected chi connectivity index (χ4v) is 2.03. The Morgan fingerprint density at radius 1 is 1.35 bits per heavy atom. The van der Waals surface area contributed by atoms with E-state index in [0.717, 1.165) is 32.0 Å². The molecule has 0 aromatic heterocycles. The van der Waals surface area contributed by atoms with Crippen LogP contribution in [-0.4, -0.2) is 25.7 Å². The summed E-state index contributed by atoms with van der Waals surface area (Å²) in [6.07, 6.45) is 3.00. The number of hydrogen-bond acceptors (Lipinski definition) is 5. The molecule has 0 fully saturated rings. The van der Waals surface area contributed by atoms with Crippen molar-refractivity contribution in [2.24, 2.45) is 10.7 Å². The van der Waals surface area contributed by atoms with E-state index in [1.54, 1.807) is 0 Å². The topological polar surface area (TPSA) is 71.7 Å². The molecule has 1 unspecified atom stereocenters. The van der Waals surface area contributed by atoms with Crippen molar-refractivity contribution in [2.75, 3.05) is 19.8 Å². The van der Waals surface area contributed by atoms with Crippen molar-refractivity contribution in [1.82, 2.24) is 10.6 Å². The summed E-state index contributed by atoms with van der Waals surface area (Å²) in [6, 6.07) is 10.2. The minimum Gasteiger partial charge on any atom is -0.382 e. The van der Waals surface area contributed by atoms with E-state index in [0.29, 0.717) is 5.96 Å². The molecule has 5 heteroatoms. The number of rotatable bonds is 7. The first kappa shape index (κ1) is 14.4. The lowest BCUT2D eigenvalue weighted by Gasteiger charge is -2.22. The van der Waals surface area contributed by atoms with Crippen LogP contribution in [0.2, 0.25) is 0 Å². The van der Waals surface area contributed by atoms with Crippen LogP contribution in [0.5, 0.6) is 0 Å². The maximum absolute atomic E-state index is 5.84. The van der Waals surface area contributed by atoms with Gasteiger partial charge < -0.3 is 21.1 Å². The van der Waals surface area contributed by atoms with Gasteiger partial charge in [-0.25, -0.2) is 0 Å². The summed E-state index contributed by atoms with van der Waals surface area (Å²) in [5.74, 6) is 1.25. The zero-order valence-electron chi connectivity index (χ0n) is 11.8. The molecule has 20 heavy (non-hydrogen) atoms. The standard InChI is InChI=1S/C15H22N4O/c1-2-20-10-6-9-17-14-11-13(18-15(16)19-14)12-7-4-3-5-8-12/h3-5,7-8,11,13,17H,2,6,9-10H2,1H3,(H3,16,18,19). The Hall–Kier alpha value is -2.01. The second-order valence-corrected chi connectivity index (χ2v) is 4.56. The molecule has 1 heterocycles. The number of nitrogens with one attached hydrogen (secondary N) is 2. The van der Waals surface area contributed by atoms with Gasteiger partial charge in [-0.05, 0) is 25.0 Å². The summed E-state index contributed by atoms with van der Waals surface area (Å²) in [4.78, 5) is 4.27. The molecule has 5 nitrogen and oxygen atoms in total. The van der Waals surface area contributed by atoms with Crippen molar-refractivity contribution in [3.05, 3.63) is 47.8 Å². The third-order valence-electron chi connectivity index (χ3n) is 3.00. The summed E-state index contributed by atoms with van der Waals surface area (Å²) < 4.78 is 5.30. The van der Waals surface area contributed by atoms with Crippen LogP contribution in [-0.2, 0) is 4.74 Å². The van der Waals surface area contributed by atoms with E-state index in [4.69, 9.17) is 10.5 Å². The highest BCUT2D eigenvalue weighted by Gasteiger charge is 2.15. The van der Waals surface area contributed by atoms with Gasteiger partial charge in [-0.1, -0.05) is 30.3 Å². The molecule has 4 N–H and O–H groups in total. The molecule has 0 saturated carbocycles. The number of aliphatic imine (C=N–C) groups is 1. The molecule has 1 aliphatic rings. The highest BCUT2D eigenvalue weighted by molar-refractivity contribution is 5.80. The Bertz CT molecular complexity index is 470. The molecule has 0 radical (unpaired) electrons. The average Bonchev–Trinajstić information content (AvgIpc) is 2.47. The lowest BCUT2D eigenvalue weighted by atomic mass is 10.1. The Morgan fingerprint density at radius 2 is 2.15 bits per heavy atom. The van der Waals surface area contributed by atoms with Crippen LogP contribution in [0.15, 0.2) is 47.2 Å². The molecule has 1 aliphatic heterocycles. The van der Waals surface area contributed by atoms with Crippen molar-refractivity contribution < 1.29 is 4.74 Å². The van der Waals surface area contributed by atoms with Gasteiger partial charge in [0.1, 0.15) is 5.82 Å². The Kier molecular flexibility index (Phi) is 5.43. The van der Waals surface area contributed by atoms with Crippen molar-refractivity contribution in [3.63, 3.8) is 0 Å². The molecular formula is C15H22N4O. The first-order chi connectivity index (χ1) is 9.79. The molecule has 108 valence electrons. The lowest BCUT2D eigenvalue weighted by molar-refractivity contribution is 0.145. The van der Waals surface area contributed by atoms with Crippen molar-refractivity contribution in [2.45, 2.75) is 19.4 Å². The van der Waals surface area contributed by atoms with Crippen molar-refractivity contribution in [1.29, 1.82) is 0 Å². The number of ether oxygens (including phenoxy) is 1. The van der Waals surface area contributed by atoms with E-state index < -0.39 is 0 Å². The Labute approximate surface area is 119 Å². The molecule has 0 amide bonds. The Morgan fingerprint density at radius 3 is 2.90 bits per heavy atom. The van der Waals surface area contributed by atoms with Gasteiger partial charge in [-0.3, -0.25) is 0 Å². The first-order valence-corrected chi connectivity index (χ1v) is 6.98. The highest BCUT2D eigenvalue weighted by atomic mass is 16.5. The minimum atomic E-state index is 0.0584. The van der Waals surface area contributed by atoms with Crippen LogP contribution in [0.1, 0.15) is 24.9 Å². The number of hydrogen-bond donors (Lipinski definition) is 3. The van der Waals surface area contributed by atoms with Crippen LogP contribution in [0.3, 0.4) is 0 Å². The summed E-state index contributed by atoms with van der Waals surface area (Å²) >= 11 is 0. The van der Waals surface area contributed by atoms with E-state index in [2.05, 4.69) is 27.8 Å². The van der Waals surface area contributed by atoms with Gasteiger partial charge in [0, 0.05) is 19.8 Å². The molecular weight excluding hydrogens is 252 g/mol. The second-order valence-electron chi connectivity index (χ2n) is 4.56. The summed E-state index contributed by atoms with van der Waals surface area (Å²) in [5.41, 5.74) is 7.00. The van der Waals surface area contributed by atoms with E-state index in [9.17, 15) is 0 Å². The van der Waals surface area contributed by atoms with Crippen LogP contribution < -0.4 is 16.4 Å². The number of benzene rings is 1. The van der Waals surface area contributed by atoms with Crippen molar-refractivity contribution >= 4 is 5.96 Å². The number of guanidine groups is 1. The van der Waals surface area contributed by atoms with E-state index in [1.807, 2.05) is 31.2 Å². The molecule has 1 aromatic rings. The number of nitrogens with two attached hydrogens (primary N) is 1. The van der Waals surface area contributed by atoms with Crippen molar-refractivity contribution in [3.8, 4) is 0 Å². The predicted molar refractivity (Wildman–Crippen MR) is 81.1 cm³/mol. The third kappa shape index (κ3) is 4.28. The zero-order valence-corrected chi connectivity index (χ0v) is 11.8. The molecule has 0 bridgehead atoms. The highest BCUT2D eigenvalue weighted by Crippen LogP contribution is 2.18. The predicted octanol–water partition coefficient (Wildman–Crippen LogP) is 1.50. The molecule has 1 aromatic carbocycles. The van der Waals surface area contributed by atoms with Gasteiger partial charge in [0.05, 0.1) is 6.04 Å².